The van der Waals surface area contributed by atoms with Gasteiger partial charge in [0.15, 0.2) is 9.84 Å². The average Bonchev–Trinajstić information content (AvgIpc) is 2.39. The van der Waals surface area contributed by atoms with Crippen LogP contribution >= 0.6 is 0 Å². The molecule has 0 unspecified atom stereocenters. The normalized spacial score (nSPS) is 12.1. The van der Waals surface area contributed by atoms with Gasteiger partial charge in [0.05, 0.1) is 10.6 Å². The average molecular weight is 267 g/mol. The van der Waals surface area contributed by atoms with Crippen LogP contribution in [0.5, 0.6) is 0 Å². The second-order valence-corrected chi connectivity index (χ2v) is 5.39. The SMILES string of the molecule is O=C(C=CC=CCS(=O)(=O)c1ccccc1)NO. The van der Waals surface area contributed by atoms with Gasteiger partial charge in [-0.15, -0.1) is 0 Å². The number of hydrogen-bond acceptors (Lipinski definition) is 4. The molecule has 5 nitrogen and oxygen atoms in total. The second-order valence-electron chi connectivity index (χ2n) is 3.36. The van der Waals surface area contributed by atoms with E-state index >= 15 is 0 Å². The second kappa shape index (κ2) is 6.73. The fourth-order valence-corrected chi connectivity index (χ4v) is 2.29. The maximum atomic E-state index is 11.8. The molecule has 0 aliphatic carbocycles. The molecule has 0 fully saturated rings. The molecule has 1 rings (SSSR count). The molecular weight excluding hydrogens is 254 g/mol. The zero-order valence-corrected chi connectivity index (χ0v) is 10.3. The van der Waals surface area contributed by atoms with Crippen LogP contribution in [-0.2, 0) is 14.6 Å². The third kappa shape index (κ3) is 4.52. The van der Waals surface area contributed by atoms with Crippen molar-refractivity contribution in [2.24, 2.45) is 0 Å². The van der Waals surface area contributed by atoms with Crippen LogP contribution in [0.2, 0.25) is 0 Å². The third-order valence-corrected chi connectivity index (χ3v) is 3.64. The molecule has 2 N–H and O–H groups in total. The van der Waals surface area contributed by atoms with Gasteiger partial charge in [-0.3, -0.25) is 10.0 Å². The zero-order valence-electron chi connectivity index (χ0n) is 9.48. The minimum absolute atomic E-state index is 0.151. The molecule has 18 heavy (non-hydrogen) atoms. The number of carbonyl (C=O) groups is 1. The fraction of sp³-hybridized carbons (Fsp3) is 0.0833. The quantitative estimate of drug-likeness (QED) is 0.362. The van der Waals surface area contributed by atoms with Gasteiger partial charge in [0, 0.05) is 6.08 Å². The minimum atomic E-state index is -3.34. The lowest BCUT2D eigenvalue weighted by atomic mass is 10.4. The van der Waals surface area contributed by atoms with Crippen LogP contribution in [-0.4, -0.2) is 25.3 Å². The van der Waals surface area contributed by atoms with Gasteiger partial charge in [0.1, 0.15) is 0 Å². The van der Waals surface area contributed by atoms with Crippen molar-refractivity contribution in [2.75, 3.05) is 5.75 Å². The Balaban J connectivity index is 2.61. The minimum Gasteiger partial charge on any atom is -0.288 e. The molecule has 0 aliphatic heterocycles. The largest absolute Gasteiger partial charge is 0.288 e. The molecule has 0 saturated heterocycles. The van der Waals surface area contributed by atoms with Crippen molar-refractivity contribution in [3.63, 3.8) is 0 Å². The van der Waals surface area contributed by atoms with E-state index in [4.69, 9.17) is 5.21 Å². The third-order valence-electron chi connectivity index (χ3n) is 2.02. The van der Waals surface area contributed by atoms with Gasteiger partial charge in [-0.25, -0.2) is 13.9 Å². The molecule has 0 bridgehead atoms. The van der Waals surface area contributed by atoms with Crippen LogP contribution in [0, 0.1) is 0 Å². The first kappa shape index (κ1) is 14.1. The van der Waals surface area contributed by atoms with Crippen molar-refractivity contribution in [1.82, 2.24) is 5.48 Å². The molecule has 0 spiro atoms. The predicted octanol–water partition coefficient (Wildman–Crippen LogP) is 1.08. The molecule has 0 aliphatic rings. The summed E-state index contributed by atoms with van der Waals surface area (Å²) in [7, 11) is -3.34. The Bertz CT molecular complexity index is 547. The molecule has 96 valence electrons. The number of allylic oxidation sites excluding steroid dienone is 2. The van der Waals surface area contributed by atoms with Gasteiger partial charge in [0.2, 0.25) is 0 Å². The molecule has 0 atom stereocenters. The highest BCUT2D eigenvalue weighted by Crippen LogP contribution is 2.09. The van der Waals surface area contributed by atoms with Crippen molar-refractivity contribution in [3.8, 4) is 0 Å². The Morgan fingerprint density at radius 2 is 1.89 bits per heavy atom. The highest BCUT2D eigenvalue weighted by molar-refractivity contribution is 7.91. The summed E-state index contributed by atoms with van der Waals surface area (Å²) < 4.78 is 23.6. The number of rotatable bonds is 5. The predicted molar refractivity (Wildman–Crippen MR) is 66.7 cm³/mol. The number of carbonyl (C=O) groups excluding carboxylic acids is 1. The number of hydrogen-bond donors (Lipinski definition) is 2. The summed E-state index contributed by atoms with van der Waals surface area (Å²) in [5.41, 5.74) is 1.42. The smallest absolute Gasteiger partial charge is 0.267 e. The van der Waals surface area contributed by atoms with Gasteiger partial charge >= 0.3 is 0 Å². The van der Waals surface area contributed by atoms with Gasteiger partial charge in [-0.05, 0) is 12.1 Å². The number of sulfone groups is 1. The lowest BCUT2D eigenvalue weighted by Gasteiger charge is -1.99. The lowest BCUT2D eigenvalue weighted by molar-refractivity contribution is -0.124. The Kier molecular flexibility index (Phi) is 5.29. The van der Waals surface area contributed by atoms with Crippen LogP contribution in [0.4, 0.5) is 0 Å². The Morgan fingerprint density at radius 1 is 1.22 bits per heavy atom. The van der Waals surface area contributed by atoms with Crippen molar-refractivity contribution in [3.05, 3.63) is 54.6 Å². The summed E-state index contributed by atoms with van der Waals surface area (Å²) in [5.74, 6) is -0.826. The molecule has 1 aromatic carbocycles. The van der Waals surface area contributed by atoms with E-state index in [0.29, 0.717) is 0 Å². The van der Waals surface area contributed by atoms with Crippen molar-refractivity contribution in [1.29, 1.82) is 0 Å². The van der Waals surface area contributed by atoms with Crippen LogP contribution in [0.25, 0.3) is 0 Å². The molecule has 0 saturated carbocycles. The van der Waals surface area contributed by atoms with Crippen LogP contribution in [0.1, 0.15) is 0 Å². The Morgan fingerprint density at radius 3 is 2.50 bits per heavy atom. The maximum absolute atomic E-state index is 11.8. The molecule has 0 radical (unpaired) electrons. The van der Waals surface area contributed by atoms with E-state index in [9.17, 15) is 13.2 Å². The van der Waals surface area contributed by atoms with Gasteiger partial charge in [-0.1, -0.05) is 36.4 Å². The van der Waals surface area contributed by atoms with Crippen LogP contribution in [0.15, 0.2) is 59.5 Å². The van der Waals surface area contributed by atoms with E-state index in [1.165, 1.54) is 35.8 Å². The molecular formula is C12H13NO4S. The number of nitrogens with one attached hydrogen (secondary N) is 1. The first-order valence-electron chi connectivity index (χ1n) is 5.11. The number of hydroxylamine groups is 1. The Labute approximate surface area is 105 Å². The highest BCUT2D eigenvalue weighted by atomic mass is 32.2. The first-order valence-corrected chi connectivity index (χ1v) is 6.76. The monoisotopic (exact) mass is 267 g/mol. The summed E-state index contributed by atoms with van der Waals surface area (Å²) >= 11 is 0. The van der Waals surface area contributed by atoms with E-state index in [0.717, 1.165) is 6.08 Å². The van der Waals surface area contributed by atoms with Crippen molar-refractivity contribution < 1.29 is 18.4 Å². The van der Waals surface area contributed by atoms with E-state index < -0.39 is 15.7 Å². The van der Waals surface area contributed by atoms with Crippen LogP contribution in [0.3, 0.4) is 0 Å². The number of amides is 1. The summed E-state index contributed by atoms with van der Waals surface area (Å²) in [6.45, 7) is 0. The molecule has 1 amide bonds. The molecule has 0 aromatic heterocycles. The van der Waals surface area contributed by atoms with Gasteiger partial charge < -0.3 is 0 Å². The highest BCUT2D eigenvalue weighted by Gasteiger charge is 2.10. The number of benzene rings is 1. The van der Waals surface area contributed by atoms with Gasteiger partial charge in [-0.2, -0.15) is 0 Å². The summed E-state index contributed by atoms with van der Waals surface area (Å²) in [5, 5.41) is 8.20. The van der Waals surface area contributed by atoms with E-state index in [-0.39, 0.29) is 10.6 Å². The van der Waals surface area contributed by atoms with E-state index in [2.05, 4.69) is 0 Å². The van der Waals surface area contributed by atoms with E-state index in [1.807, 2.05) is 0 Å². The van der Waals surface area contributed by atoms with Crippen molar-refractivity contribution in [2.45, 2.75) is 4.90 Å². The molecule has 6 heteroatoms. The topological polar surface area (TPSA) is 83.5 Å². The zero-order chi connectivity index (χ0) is 13.4. The van der Waals surface area contributed by atoms with Gasteiger partial charge in [0.25, 0.3) is 5.91 Å². The molecule has 0 heterocycles. The lowest BCUT2D eigenvalue weighted by Crippen LogP contribution is -2.14. The van der Waals surface area contributed by atoms with Crippen LogP contribution < -0.4 is 5.48 Å². The van der Waals surface area contributed by atoms with Crippen molar-refractivity contribution >= 4 is 15.7 Å². The standard InChI is InChI=1S/C12H13NO4S/c14-12(13-15)9-5-2-6-10-18(16,17)11-7-3-1-4-8-11/h1-9,15H,10H2,(H,13,14). The summed E-state index contributed by atoms with van der Waals surface area (Å²) in [6.07, 6.45) is 5.26. The first-order chi connectivity index (χ1) is 8.56. The summed E-state index contributed by atoms with van der Waals surface area (Å²) in [6, 6.07) is 8.10. The summed E-state index contributed by atoms with van der Waals surface area (Å²) in [4.78, 5) is 10.8. The maximum Gasteiger partial charge on any atom is 0.267 e. The Hall–Kier alpha value is -1.92. The molecule has 1 aromatic rings. The fourth-order valence-electron chi connectivity index (χ4n) is 1.17. The van der Waals surface area contributed by atoms with E-state index in [1.54, 1.807) is 18.2 Å².